The van der Waals surface area contributed by atoms with Crippen molar-refractivity contribution < 1.29 is 23.6 Å². The molecule has 2 atom stereocenters. The fourth-order valence-corrected chi connectivity index (χ4v) is 2.17. The number of ether oxygens (including phenoxy) is 1. The Morgan fingerprint density at radius 1 is 1.56 bits per heavy atom. The summed E-state index contributed by atoms with van der Waals surface area (Å²) in [6.07, 6.45) is 2.21. The molecular weight excluding hydrogens is 260 g/mol. The molecular formula is C10H18N2O5S. The number of hydrogen-bond acceptors (Lipinski definition) is 4. The molecule has 18 heavy (non-hydrogen) atoms. The largest absolute Gasteiger partial charge is 0.480 e. The van der Waals surface area contributed by atoms with E-state index in [9.17, 15) is 13.8 Å². The molecule has 1 fully saturated rings. The maximum absolute atomic E-state index is 11.8. The van der Waals surface area contributed by atoms with Crippen LogP contribution in [-0.4, -0.2) is 70.6 Å². The first kappa shape index (κ1) is 14.9. The summed E-state index contributed by atoms with van der Waals surface area (Å²) >= 11 is 0. The molecule has 8 heteroatoms. The van der Waals surface area contributed by atoms with E-state index in [0.29, 0.717) is 25.3 Å². The van der Waals surface area contributed by atoms with Gasteiger partial charge >= 0.3 is 12.0 Å². The molecule has 1 heterocycles. The number of hydrogen-bond donors (Lipinski definition) is 2. The van der Waals surface area contributed by atoms with E-state index in [-0.39, 0.29) is 13.2 Å². The number of urea groups is 1. The van der Waals surface area contributed by atoms with Crippen LogP contribution in [0.25, 0.3) is 0 Å². The van der Waals surface area contributed by atoms with Crippen molar-refractivity contribution in [1.29, 1.82) is 0 Å². The second-order valence-corrected chi connectivity index (χ2v) is 5.54. The van der Waals surface area contributed by atoms with Crippen LogP contribution in [0.5, 0.6) is 0 Å². The molecule has 1 saturated heterocycles. The van der Waals surface area contributed by atoms with Gasteiger partial charge in [-0.25, -0.2) is 9.59 Å². The van der Waals surface area contributed by atoms with Gasteiger partial charge in [0.05, 0.1) is 13.2 Å². The van der Waals surface area contributed by atoms with E-state index in [0.717, 1.165) is 0 Å². The minimum Gasteiger partial charge on any atom is -0.480 e. The third kappa shape index (κ3) is 4.61. The molecule has 0 aromatic rings. The van der Waals surface area contributed by atoms with Crippen molar-refractivity contribution in [3.05, 3.63) is 0 Å². The van der Waals surface area contributed by atoms with Crippen LogP contribution in [0.2, 0.25) is 0 Å². The molecule has 0 bridgehead atoms. The van der Waals surface area contributed by atoms with Gasteiger partial charge in [-0.15, -0.1) is 0 Å². The standard InChI is InChI=1S/C10H18N2O5S/c1-18(16)6-2-3-11-10(15)12-4-5-17-7-8(12)9(13)14/h8H,2-7H2,1H3,(H,11,15)(H,13,14). The number of morpholine rings is 1. The highest BCUT2D eigenvalue weighted by atomic mass is 32.2. The Morgan fingerprint density at radius 3 is 2.89 bits per heavy atom. The van der Waals surface area contributed by atoms with Crippen molar-refractivity contribution in [2.45, 2.75) is 12.5 Å². The van der Waals surface area contributed by atoms with E-state index < -0.39 is 28.8 Å². The van der Waals surface area contributed by atoms with E-state index in [1.54, 1.807) is 6.26 Å². The van der Waals surface area contributed by atoms with Gasteiger partial charge in [-0.05, 0) is 6.42 Å². The average molecular weight is 278 g/mol. The molecule has 7 nitrogen and oxygen atoms in total. The zero-order chi connectivity index (χ0) is 13.5. The van der Waals surface area contributed by atoms with Gasteiger partial charge in [0.1, 0.15) is 0 Å². The number of carboxylic acid groups (broad SMARTS) is 1. The highest BCUT2D eigenvalue weighted by Gasteiger charge is 2.32. The number of carbonyl (C=O) groups is 2. The lowest BCUT2D eigenvalue weighted by atomic mass is 10.2. The first-order chi connectivity index (χ1) is 8.52. The minimum absolute atomic E-state index is 0.0156. The number of carbonyl (C=O) groups excluding carboxylic acids is 1. The summed E-state index contributed by atoms with van der Waals surface area (Å²) < 4.78 is 15.9. The second-order valence-electron chi connectivity index (χ2n) is 3.99. The van der Waals surface area contributed by atoms with E-state index in [2.05, 4.69) is 5.32 Å². The van der Waals surface area contributed by atoms with Crippen molar-refractivity contribution in [3.8, 4) is 0 Å². The van der Waals surface area contributed by atoms with Gasteiger partial charge in [0, 0.05) is 35.9 Å². The van der Waals surface area contributed by atoms with E-state index >= 15 is 0 Å². The van der Waals surface area contributed by atoms with Crippen LogP contribution in [0.15, 0.2) is 0 Å². The monoisotopic (exact) mass is 278 g/mol. The van der Waals surface area contributed by atoms with Gasteiger partial charge in [-0.2, -0.15) is 0 Å². The summed E-state index contributed by atoms with van der Waals surface area (Å²) in [7, 11) is -0.878. The molecule has 2 amide bonds. The van der Waals surface area contributed by atoms with Crippen molar-refractivity contribution in [1.82, 2.24) is 10.2 Å². The second kappa shape index (κ2) is 7.32. The normalized spacial score (nSPS) is 21.4. The third-order valence-corrected chi connectivity index (χ3v) is 3.42. The molecule has 0 aromatic heterocycles. The topological polar surface area (TPSA) is 95.9 Å². The zero-order valence-electron chi connectivity index (χ0n) is 10.3. The third-order valence-electron chi connectivity index (χ3n) is 2.56. The molecule has 2 N–H and O–H groups in total. The van der Waals surface area contributed by atoms with Crippen LogP contribution in [0.1, 0.15) is 6.42 Å². The lowest BCUT2D eigenvalue weighted by Gasteiger charge is -2.32. The van der Waals surface area contributed by atoms with Gasteiger partial charge in [0.25, 0.3) is 0 Å². The van der Waals surface area contributed by atoms with E-state index in [1.807, 2.05) is 0 Å². The number of nitrogens with one attached hydrogen (secondary N) is 1. The maximum atomic E-state index is 11.8. The molecule has 0 radical (unpaired) electrons. The van der Waals surface area contributed by atoms with Crippen LogP contribution in [0, 0.1) is 0 Å². The zero-order valence-corrected chi connectivity index (χ0v) is 11.1. The summed E-state index contributed by atoms with van der Waals surface area (Å²) in [4.78, 5) is 24.0. The Balaban J connectivity index is 2.38. The number of amides is 2. The molecule has 0 spiro atoms. The molecule has 1 aliphatic rings. The highest BCUT2D eigenvalue weighted by Crippen LogP contribution is 2.07. The fraction of sp³-hybridized carbons (Fsp3) is 0.800. The highest BCUT2D eigenvalue weighted by molar-refractivity contribution is 7.84. The number of aliphatic carboxylic acids is 1. The smallest absolute Gasteiger partial charge is 0.328 e. The predicted molar refractivity (Wildman–Crippen MR) is 65.9 cm³/mol. The lowest BCUT2D eigenvalue weighted by molar-refractivity contribution is -0.147. The molecule has 2 unspecified atom stereocenters. The van der Waals surface area contributed by atoms with Crippen LogP contribution < -0.4 is 5.32 Å². The number of rotatable bonds is 5. The molecule has 104 valence electrons. The number of carboxylic acids is 1. The number of nitrogens with zero attached hydrogens (tertiary/aromatic N) is 1. The van der Waals surface area contributed by atoms with Gasteiger partial charge in [-0.3, -0.25) is 4.21 Å². The van der Waals surface area contributed by atoms with E-state index in [4.69, 9.17) is 9.84 Å². The summed E-state index contributed by atoms with van der Waals surface area (Å²) in [5, 5.41) is 11.6. The Hall–Kier alpha value is -1.15. The van der Waals surface area contributed by atoms with Crippen LogP contribution >= 0.6 is 0 Å². The van der Waals surface area contributed by atoms with Crippen LogP contribution in [-0.2, 0) is 20.3 Å². The average Bonchev–Trinajstić information content (AvgIpc) is 2.34. The van der Waals surface area contributed by atoms with Crippen molar-refractivity contribution in [3.63, 3.8) is 0 Å². The minimum atomic E-state index is -1.07. The SMILES string of the molecule is CS(=O)CCCNC(=O)N1CCOCC1C(=O)O. The first-order valence-corrected chi connectivity index (χ1v) is 7.40. The molecule has 0 aromatic carbocycles. The Morgan fingerprint density at radius 2 is 2.28 bits per heavy atom. The van der Waals surface area contributed by atoms with Gasteiger partial charge in [0.15, 0.2) is 6.04 Å². The molecule has 0 saturated carbocycles. The summed E-state index contributed by atoms with van der Waals surface area (Å²) in [5.41, 5.74) is 0. The quantitative estimate of drug-likeness (QED) is 0.645. The Bertz CT molecular complexity index is 336. The summed E-state index contributed by atoms with van der Waals surface area (Å²) in [6.45, 7) is 1.02. The van der Waals surface area contributed by atoms with Gasteiger partial charge < -0.3 is 20.1 Å². The fourth-order valence-electron chi connectivity index (χ4n) is 1.62. The summed E-state index contributed by atoms with van der Waals surface area (Å²) in [5.74, 6) is -0.550. The predicted octanol–water partition coefficient (Wildman–Crippen LogP) is -0.750. The molecule has 1 rings (SSSR count). The maximum Gasteiger partial charge on any atom is 0.328 e. The van der Waals surface area contributed by atoms with Crippen LogP contribution in [0.4, 0.5) is 4.79 Å². The molecule has 0 aliphatic carbocycles. The van der Waals surface area contributed by atoms with Crippen molar-refractivity contribution >= 4 is 22.8 Å². The Labute approximate surface area is 108 Å². The van der Waals surface area contributed by atoms with Crippen LogP contribution in [0.3, 0.4) is 0 Å². The van der Waals surface area contributed by atoms with Crippen molar-refractivity contribution in [2.75, 3.05) is 38.3 Å². The first-order valence-electron chi connectivity index (χ1n) is 5.67. The van der Waals surface area contributed by atoms with E-state index in [1.165, 1.54) is 4.90 Å². The van der Waals surface area contributed by atoms with Gasteiger partial charge in [-0.1, -0.05) is 0 Å². The van der Waals surface area contributed by atoms with Crippen molar-refractivity contribution in [2.24, 2.45) is 0 Å². The Kier molecular flexibility index (Phi) is 6.06. The lowest BCUT2D eigenvalue weighted by Crippen LogP contribution is -2.55. The summed E-state index contributed by atoms with van der Waals surface area (Å²) in [6, 6.07) is -1.34. The van der Waals surface area contributed by atoms with Gasteiger partial charge in [0.2, 0.25) is 0 Å². The molecule has 1 aliphatic heterocycles.